The molecule has 1 aromatic rings. The van der Waals surface area contributed by atoms with E-state index in [1.54, 1.807) is 6.07 Å². The lowest BCUT2D eigenvalue weighted by Gasteiger charge is -2.65. The third kappa shape index (κ3) is 2.54. The van der Waals surface area contributed by atoms with Crippen molar-refractivity contribution in [3.63, 3.8) is 0 Å². The van der Waals surface area contributed by atoms with Crippen LogP contribution in [0.1, 0.15) is 50.7 Å². The highest BCUT2D eigenvalue weighted by atomic mass is 16.5. The Bertz CT molecular complexity index is 906. The quantitative estimate of drug-likeness (QED) is 0.638. The number of carboxylic acid groups (broad SMARTS) is 1. The molecule has 2 aliphatic heterocycles. The van der Waals surface area contributed by atoms with Gasteiger partial charge in [-0.1, -0.05) is 26.3 Å². The molecule has 3 N–H and O–H groups in total. The number of hydrogen-bond donors (Lipinski definition) is 3. The Morgan fingerprint density at radius 3 is 2.87 bits per heavy atom. The summed E-state index contributed by atoms with van der Waals surface area (Å²) in [6.07, 6.45) is 3.85. The maximum atomic E-state index is 12.1. The number of likely N-dealkylation sites (tertiary alicyclic amines) is 1. The highest BCUT2D eigenvalue weighted by Crippen LogP contribution is 2.66. The van der Waals surface area contributed by atoms with Gasteiger partial charge in [0.2, 0.25) is 0 Å². The molecule has 7 heteroatoms. The standard InChI is InChI=1S/C24H34N2O5/c1-5-13(2)19(22(28)29)25-15-8-9-24(30-4)17-12-14-6-7-16(27)20-18(14)23(24,21(15)31-20)10-11-26(17)3/h6-7,13,15,17,19,21,25,27H,5,8-12H2,1-4H3,(H,28,29)/t13-,15+,17+,19-,21-,23-,24+/m0/s1. The number of phenolic OH excluding ortho intramolecular Hbond substituents is 1. The normalized spacial score (nSPS) is 37.6. The summed E-state index contributed by atoms with van der Waals surface area (Å²) in [6, 6.07) is 3.24. The maximum Gasteiger partial charge on any atom is 0.320 e. The van der Waals surface area contributed by atoms with Gasteiger partial charge in [-0.3, -0.25) is 10.1 Å². The van der Waals surface area contributed by atoms with Crippen molar-refractivity contribution in [3.05, 3.63) is 23.3 Å². The summed E-state index contributed by atoms with van der Waals surface area (Å²) in [7, 11) is 3.98. The molecule has 7 nitrogen and oxygen atoms in total. The van der Waals surface area contributed by atoms with E-state index in [-0.39, 0.29) is 29.9 Å². The Morgan fingerprint density at radius 2 is 2.19 bits per heavy atom. The molecule has 2 heterocycles. The molecule has 1 saturated heterocycles. The minimum absolute atomic E-state index is 0.00782. The Morgan fingerprint density at radius 1 is 1.42 bits per heavy atom. The van der Waals surface area contributed by atoms with Crippen molar-refractivity contribution in [2.24, 2.45) is 5.92 Å². The van der Waals surface area contributed by atoms with E-state index in [1.807, 2.05) is 27.0 Å². The lowest BCUT2D eigenvalue weighted by Crippen LogP contribution is -2.78. The van der Waals surface area contributed by atoms with Crippen LogP contribution >= 0.6 is 0 Å². The van der Waals surface area contributed by atoms with Crippen molar-refractivity contribution in [2.45, 2.75) is 81.2 Å². The second-order valence-electron chi connectivity index (χ2n) is 10.0. The minimum Gasteiger partial charge on any atom is -0.504 e. The Kier molecular flexibility index (Phi) is 4.81. The van der Waals surface area contributed by atoms with Crippen LogP contribution in [0.2, 0.25) is 0 Å². The zero-order valence-electron chi connectivity index (χ0n) is 18.9. The topological polar surface area (TPSA) is 91.3 Å². The number of benzene rings is 1. The van der Waals surface area contributed by atoms with Gasteiger partial charge in [-0.25, -0.2) is 0 Å². The average Bonchev–Trinajstić information content (AvgIpc) is 3.12. The molecular weight excluding hydrogens is 396 g/mol. The fraction of sp³-hybridized carbons (Fsp3) is 0.708. The molecule has 31 heavy (non-hydrogen) atoms. The van der Waals surface area contributed by atoms with Crippen LogP contribution in [0, 0.1) is 5.92 Å². The second kappa shape index (κ2) is 7.09. The summed E-state index contributed by atoms with van der Waals surface area (Å²) >= 11 is 0. The number of nitrogens with one attached hydrogen (secondary N) is 1. The van der Waals surface area contributed by atoms with Crippen molar-refractivity contribution in [3.8, 4) is 11.5 Å². The Hall–Kier alpha value is -1.83. The molecule has 5 rings (SSSR count). The van der Waals surface area contributed by atoms with Crippen LogP contribution in [0.5, 0.6) is 11.5 Å². The van der Waals surface area contributed by atoms with Crippen molar-refractivity contribution in [1.29, 1.82) is 0 Å². The summed E-state index contributed by atoms with van der Waals surface area (Å²) in [4.78, 5) is 14.5. The number of carbonyl (C=O) groups is 1. The van der Waals surface area contributed by atoms with E-state index in [0.717, 1.165) is 44.2 Å². The third-order valence-electron chi connectivity index (χ3n) is 8.93. The molecule has 2 bridgehead atoms. The van der Waals surface area contributed by atoms with Crippen LogP contribution in [-0.2, 0) is 21.4 Å². The molecule has 170 valence electrons. The van der Waals surface area contributed by atoms with Crippen LogP contribution in [0.3, 0.4) is 0 Å². The van der Waals surface area contributed by atoms with Gasteiger partial charge in [0.15, 0.2) is 11.5 Å². The van der Waals surface area contributed by atoms with E-state index in [2.05, 4.69) is 17.3 Å². The summed E-state index contributed by atoms with van der Waals surface area (Å²) in [5.41, 5.74) is 1.52. The summed E-state index contributed by atoms with van der Waals surface area (Å²) < 4.78 is 13.0. The summed E-state index contributed by atoms with van der Waals surface area (Å²) in [5, 5.41) is 24.1. The molecule has 1 spiro atoms. The summed E-state index contributed by atoms with van der Waals surface area (Å²) in [5.74, 6) is -0.0655. The fourth-order valence-corrected chi connectivity index (χ4v) is 7.26. The first kappa shape index (κ1) is 21.0. The molecule has 4 aliphatic rings. The van der Waals surface area contributed by atoms with Crippen LogP contribution in [0.25, 0.3) is 0 Å². The lowest BCUT2D eigenvalue weighted by atomic mass is 9.48. The van der Waals surface area contributed by atoms with Gasteiger partial charge in [0, 0.05) is 24.8 Å². The predicted octanol–water partition coefficient (Wildman–Crippen LogP) is 2.29. The molecule has 7 atom stereocenters. The molecule has 2 fully saturated rings. The van der Waals surface area contributed by atoms with Crippen LogP contribution in [0.4, 0.5) is 0 Å². The SMILES string of the molecule is CC[C@H](C)[C@H](N[C@@H]1CC[C@@]2(OC)[C@H]3Cc4ccc(O)c5c4[C@@]2(CCN3C)[C@H]1O5)C(=O)O. The number of methoxy groups -OCH3 is 1. The average molecular weight is 431 g/mol. The monoisotopic (exact) mass is 430 g/mol. The molecule has 0 unspecified atom stereocenters. The largest absolute Gasteiger partial charge is 0.504 e. The first-order chi connectivity index (χ1) is 14.8. The number of carboxylic acids is 1. The lowest BCUT2D eigenvalue weighted by molar-refractivity contribution is -0.204. The van der Waals surface area contributed by atoms with Gasteiger partial charge in [-0.15, -0.1) is 0 Å². The van der Waals surface area contributed by atoms with Gasteiger partial charge in [0.1, 0.15) is 12.1 Å². The van der Waals surface area contributed by atoms with E-state index < -0.39 is 23.0 Å². The number of piperidine rings is 1. The fourth-order valence-electron chi connectivity index (χ4n) is 7.26. The van der Waals surface area contributed by atoms with Gasteiger partial charge >= 0.3 is 5.97 Å². The minimum atomic E-state index is -0.820. The highest BCUT2D eigenvalue weighted by Gasteiger charge is 2.73. The van der Waals surface area contributed by atoms with Crippen molar-refractivity contribution in [1.82, 2.24) is 10.2 Å². The van der Waals surface area contributed by atoms with Gasteiger partial charge in [0.05, 0.1) is 11.0 Å². The summed E-state index contributed by atoms with van der Waals surface area (Å²) in [6.45, 7) is 4.92. The first-order valence-corrected chi connectivity index (χ1v) is 11.6. The van der Waals surface area contributed by atoms with Crippen LogP contribution < -0.4 is 10.1 Å². The van der Waals surface area contributed by atoms with Crippen molar-refractivity contribution < 1.29 is 24.5 Å². The number of rotatable bonds is 6. The van der Waals surface area contributed by atoms with Gasteiger partial charge in [-0.05, 0) is 56.8 Å². The van der Waals surface area contributed by atoms with Gasteiger partial charge in [0.25, 0.3) is 0 Å². The molecule has 0 amide bonds. The zero-order valence-corrected chi connectivity index (χ0v) is 18.9. The van der Waals surface area contributed by atoms with E-state index in [0.29, 0.717) is 5.75 Å². The Labute approximate surface area is 183 Å². The van der Waals surface area contributed by atoms with E-state index in [1.165, 1.54) is 5.56 Å². The smallest absolute Gasteiger partial charge is 0.320 e. The molecule has 2 aliphatic carbocycles. The van der Waals surface area contributed by atoms with Gasteiger partial charge < -0.3 is 24.6 Å². The molecule has 0 aromatic heterocycles. The molecule has 1 aromatic carbocycles. The number of aromatic hydroxyl groups is 1. The molecule has 1 saturated carbocycles. The molecular formula is C24H34N2O5. The second-order valence-corrected chi connectivity index (χ2v) is 10.0. The predicted molar refractivity (Wildman–Crippen MR) is 116 cm³/mol. The van der Waals surface area contributed by atoms with Crippen LogP contribution in [-0.4, -0.2) is 71.6 Å². The number of ether oxygens (including phenoxy) is 2. The maximum absolute atomic E-state index is 12.1. The first-order valence-electron chi connectivity index (χ1n) is 11.6. The van der Waals surface area contributed by atoms with E-state index in [9.17, 15) is 15.0 Å². The number of nitrogens with zero attached hydrogens (tertiary/aromatic N) is 1. The van der Waals surface area contributed by atoms with E-state index in [4.69, 9.17) is 9.47 Å². The number of phenols is 1. The number of aliphatic carboxylic acids is 1. The van der Waals surface area contributed by atoms with Crippen LogP contribution in [0.15, 0.2) is 12.1 Å². The molecule has 0 radical (unpaired) electrons. The number of likely N-dealkylation sites (N-methyl/N-ethyl adjacent to an activating group) is 1. The van der Waals surface area contributed by atoms with Gasteiger partial charge in [-0.2, -0.15) is 0 Å². The number of hydrogen-bond acceptors (Lipinski definition) is 6. The van der Waals surface area contributed by atoms with E-state index >= 15 is 0 Å². The zero-order chi connectivity index (χ0) is 22.1. The van der Waals surface area contributed by atoms with Crippen molar-refractivity contribution in [2.75, 3.05) is 20.7 Å². The third-order valence-corrected chi connectivity index (χ3v) is 8.93. The highest BCUT2D eigenvalue weighted by molar-refractivity contribution is 5.74. The Balaban J connectivity index is 1.64. The van der Waals surface area contributed by atoms with Crippen molar-refractivity contribution >= 4 is 5.97 Å².